The molecule has 1 aromatic rings. The molecule has 18 heavy (non-hydrogen) atoms. The van der Waals surface area contributed by atoms with Gasteiger partial charge in [-0.05, 0) is 12.1 Å². The Morgan fingerprint density at radius 2 is 2.06 bits per heavy atom. The van der Waals surface area contributed by atoms with Gasteiger partial charge in [-0.3, -0.25) is 0 Å². The monoisotopic (exact) mass is 301 g/mol. The Morgan fingerprint density at radius 1 is 1.44 bits per heavy atom. The zero-order valence-electron chi connectivity index (χ0n) is 8.71. The number of rotatable bonds is 6. The lowest BCUT2D eigenvalue weighted by atomic mass is 10.4. The molecular weight excluding hydrogens is 292 g/mol. The Hall–Kier alpha value is -1.10. The summed E-state index contributed by atoms with van der Waals surface area (Å²) < 4.78 is 48.5. The largest absolute Gasteiger partial charge is 0.477 e. The standard InChI is InChI=1S/C8H9F2NO5S2/c9-7(10)4(12)3-11-18(15,16)6-2-1-5(17-6)8(13)14/h1-2,4,7,11-12H,3H2,(H,13,14). The molecule has 102 valence electrons. The highest BCUT2D eigenvalue weighted by atomic mass is 32.2. The number of aliphatic hydroxyl groups excluding tert-OH is 1. The van der Waals surface area contributed by atoms with Crippen LogP contribution in [-0.4, -0.2) is 43.7 Å². The first-order chi connectivity index (χ1) is 8.24. The van der Waals surface area contributed by atoms with Gasteiger partial charge >= 0.3 is 5.97 Å². The van der Waals surface area contributed by atoms with Gasteiger partial charge in [0.05, 0.1) is 0 Å². The Morgan fingerprint density at radius 3 is 2.50 bits per heavy atom. The van der Waals surface area contributed by atoms with Crippen LogP contribution >= 0.6 is 11.3 Å². The van der Waals surface area contributed by atoms with Gasteiger partial charge in [0.2, 0.25) is 10.0 Å². The minimum atomic E-state index is -4.09. The molecule has 10 heteroatoms. The molecule has 0 aromatic carbocycles. The normalized spacial score (nSPS) is 13.8. The third kappa shape index (κ3) is 3.70. The molecule has 1 atom stereocenters. The van der Waals surface area contributed by atoms with E-state index in [9.17, 15) is 22.0 Å². The van der Waals surface area contributed by atoms with Gasteiger partial charge in [0.1, 0.15) is 15.2 Å². The SMILES string of the molecule is O=C(O)c1ccc(S(=O)(=O)NCC(O)C(F)F)s1. The van der Waals surface area contributed by atoms with E-state index in [2.05, 4.69) is 0 Å². The number of hydrogen-bond acceptors (Lipinski definition) is 5. The van der Waals surface area contributed by atoms with Gasteiger partial charge < -0.3 is 10.2 Å². The number of aromatic carboxylic acids is 1. The van der Waals surface area contributed by atoms with Crippen LogP contribution in [0.5, 0.6) is 0 Å². The minimum Gasteiger partial charge on any atom is -0.477 e. The van der Waals surface area contributed by atoms with E-state index in [1.807, 2.05) is 0 Å². The molecule has 1 heterocycles. The van der Waals surface area contributed by atoms with E-state index in [0.29, 0.717) is 11.3 Å². The summed E-state index contributed by atoms with van der Waals surface area (Å²) in [6.07, 6.45) is -5.18. The van der Waals surface area contributed by atoms with Crippen LogP contribution in [-0.2, 0) is 10.0 Å². The highest BCUT2D eigenvalue weighted by Gasteiger charge is 2.23. The van der Waals surface area contributed by atoms with Crippen molar-refractivity contribution in [3.8, 4) is 0 Å². The fourth-order valence-electron chi connectivity index (χ4n) is 0.935. The highest BCUT2D eigenvalue weighted by Crippen LogP contribution is 2.21. The maximum absolute atomic E-state index is 12.0. The van der Waals surface area contributed by atoms with Crippen LogP contribution in [0.3, 0.4) is 0 Å². The van der Waals surface area contributed by atoms with Gasteiger partial charge in [0.15, 0.2) is 0 Å². The molecule has 0 spiro atoms. The first-order valence-corrected chi connectivity index (χ1v) is 6.83. The van der Waals surface area contributed by atoms with Crippen molar-refractivity contribution in [2.24, 2.45) is 0 Å². The number of carboxylic acids is 1. The number of alkyl halides is 2. The van der Waals surface area contributed by atoms with Crippen molar-refractivity contribution < 1.29 is 32.2 Å². The summed E-state index contributed by atoms with van der Waals surface area (Å²) in [7, 11) is -4.09. The number of halogens is 2. The second-order valence-electron chi connectivity index (χ2n) is 3.18. The number of thiophene rings is 1. The summed E-state index contributed by atoms with van der Waals surface area (Å²) in [4.78, 5) is 10.4. The molecule has 3 N–H and O–H groups in total. The molecule has 0 aliphatic carbocycles. The van der Waals surface area contributed by atoms with E-state index in [-0.39, 0.29) is 9.09 Å². The van der Waals surface area contributed by atoms with Crippen molar-refractivity contribution >= 4 is 27.3 Å². The van der Waals surface area contributed by atoms with Gasteiger partial charge in [-0.15, -0.1) is 11.3 Å². The van der Waals surface area contributed by atoms with Gasteiger partial charge in [0, 0.05) is 6.54 Å². The minimum absolute atomic E-state index is 0.190. The molecule has 0 bridgehead atoms. The van der Waals surface area contributed by atoms with Gasteiger partial charge in [-0.2, -0.15) is 0 Å². The van der Waals surface area contributed by atoms with Crippen LogP contribution in [0.2, 0.25) is 0 Å². The maximum atomic E-state index is 12.0. The lowest BCUT2D eigenvalue weighted by molar-refractivity contribution is -0.000446. The second kappa shape index (κ2) is 5.69. The molecule has 1 unspecified atom stereocenters. The van der Waals surface area contributed by atoms with E-state index in [0.717, 1.165) is 12.1 Å². The van der Waals surface area contributed by atoms with E-state index in [1.165, 1.54) is 0 Å². The number of nitrogens with one attached hydrogen (secondary N) is 1. The van der Waals surface area contributed by atoms with Crippen molar-refractivity contribution in [3.05, 3.63) is 17.0 Å². The Bertz CT molecular complexity index is 527. The molecule has 0 aliphatic rings. The average molecular weight is 301 g/mol. The number of aliphatic hydroxyl groups is 1. The lowest BCUT2D eigenvalue weighted by Crippen LogP contribution is -2.35. The molecule has 1 rings (SSSR count). The van der Waals surface area contributed by atoms with Crippen molar-refractivity contribution in [1.82, 2.24) is 4.72 Å². The summed E-state index contributed by atoms with van der Waals surface area (Å²) in [6, 6.07) is 2.14. The van der Waals surface area contributed by atoms with Gasteiger partial charge in [-0.1, -0.05) is 0 Å². The van der Waals surface area contributed by atoms with Crippen LogP contribution in [0.4, 0.5) is 8.78 Å². The summed E-state index contributed by atoms with van der Waals surface area (Å²) in [6.45, 7) is -0.847. The Labute approximate surface area is 105 Å². The predicted molar refractivity (Wildman–Crippen MR) is 58.5 cm³/mol. The summed E-state index contributed by atoms with van der Waals surface area (Å²) in [5.41, 5.74) is 0. The van der Waals surface area contributed by atoms with Gasteiger partial charge in [-0.25, -0.2) is 26.7 Å². The fourth-order valence-corrected chi connectivity index (χ4v) is 3.18. The first-order valence-electron chi connectivity index (χ1n) is 4.53. The van der Waals surface area contributed by atoms with Crippen LogP contribution in [0.25, 0.3) is 0 Å². The molecule has 1 aromatic heterocycles. The van der Waals surface area contributed by atoms with E-state index < -0.39 is 35.1 Å². The molecule has 0 aliphatic heterocycles. The Balaban J connectivity index is 2.77. The third-order valence-electron chi connectivity index (χ3n) is 1.83. The van der Waals surface area contributed by atoms with Crippen LogP contribution < -0.4 is 4.72 Å². The number of sulfonamides is 1. The van der Waals surface area contributed by atoms with Crippen molar-refractivity contribution in [3.63, 3.8) is 0 Å². The highest BCUT2D eigenvalue weighted by molar-refractivity contribution is 7.91. The average Bonchev–Trinajstić information content (AvgIpc) is 2.75. The van der Waals surface area contributed by atoms with E-state index >= 15 is 0 Å². The molecule has 0 fully saturated rings. The third-order valence-corrected chi connectivity index (χ3v) is 4.82. The Kier molecular flexibility index (Phi) is 4.73. The van der Waals surface area contributed by atoms with Crippen molar-refractivity contribution in [2.45, 2.75) is 16.7 Å². The zero-order valence-corrected chi connectivity index (χ0v) is 10.3. The van der Waals surface area contributed by atoms with E-state index in [4.69, 9.17) is 10.2 Å². The fraction of sp³-hybridized carbons (Fsp3) is 0.375. The van der Waals surface area contributed by atoms with Crippen LogP contribution in [0.1, 0.15) is 9.67 Å². The molecule has 0 amide bonds. The molecule has 0 radical (unpaired) electrons. The molecular formula is C8H9F2NO5S2. The van der Waals surface area contributed by atoms with Crippen LogP contribution in [0, 0.1) is 0 Å². The van der Waals surface area contributed by atoms with Crippen molar-refractivity contribution in [1.29, 1.82) is 0 Å². The van der Waals surface area contributed by atoms with Crippen molar-refractivity contribution in [2.75, 3.05) is 6.54 Å². The first kappa shape index (κ1) is 15.0. The quantitative estimate of drug-likeness (QED) is 0.703. The van der Waals surface area contributed by atoms with Crippen LogP contribution in [0.15, 0.2) is 16.3 Å². The lowest BCUT2D eigenvalue weighted by Gasteiger charge is -2.09. The topological polar surface area (TPSA) is 104 Å². The maximum Gasteiger partial charge on any atom is 0.345 e. The smallest absolute Gasteiger partial charge is 0.345 e. The molecule has 0 saturated heterocycles. The van der Waals surface area contributed by atoms with E-state index in [1.54, 1.807) is 4.72 Å². The predicted octanol–water partition coefficient (Wildman–Crippen LogP) is 0.351. The number of carboxylic acid groups (broad SMARTS) is 1. The molecule has 6 nitrogen and oxygen atoms in total. The summed E-state index contributed by atoms with van der Waals surface area (Å²) >= 11 is 0.489. The zero-order chi connectivity index (χ0) is 13.9. The number of carbonyl (C=O) groups is 1. The number of hydrogen-bond donors (Lipinski definition) is 3. The second-order valence-corrected chi connectivity index (χ2v) is 6.26. The van der Waals surface area contributed by atoms with Gasteiger partial charge in [0.25, 0.3) is 6.43 Å². The summed E-state index contributed by atoms with van der Waals surface area (Å²) in [5.74, 6) is -1.28. The summed E-state index contributed by atoms with van der Waals surface area (Å²) in [5, 5.41) is 17.4. The molecule has 0 saturated carbocycles.